The fourth-order valence-corrected chi connectivity index (χ4v) is 1.28. The highest BCUT2D eigenvalue weighted by atomic mass is 16.4. The molecule has 3 N–H and O–H groups in total. The lowest BCUT2D eigenvalue weighted by Crippen LogP contribution is -2.27. The molecule has 1 aromatic rings. The highest BCUT2D eigenvalue weighted by Crippen LogP contribution is 2.13. The van der Waals surface area contributed by atoms with Crippen LogP contribution in [0.3, 0.4) is 0 Å². The predicted octanol–water partition coefficient (Wildman–Crippen LogP) is 0.139. The summed E-state index contributed by atoms with van der Waals surface area (Å²) in [6.07, 6.45) is 0.157. The normalized spacial score (nSPS) is 9.84. The van der Waals surface area contributed by atoms with Gasteiger partial charge in [0.15, 0.2) is 5.82 Å². The summed E-state index contributed by atoms with van der Waals surface area (Å²) in [5.41, 5.74) is 0.396. The standard InChI is InChI=1S/C10H15N5O4/c1-6(16)12-8-7(4-11-9(17)18)5-15(13-8)10(19)14(2)3/h5,11H,4H2,1-3H3,(H,17,18)(H,12,13,16). The third-order valence-corrected chi connectivity index (χ3v) is 2.09. The summed E-state index contributed by atoms with van der Waals surface area (Å²) in [6, 6.07) is -0.409. The van der Waals surface area contributed by atoms with Crippen LogP contribution in [0.5, 0.6) is 0 Å². The van der Waals surface area contributed by atoms with E-state index < -0.39 is 12.1 Å². The first-order valence-corrected chi connectivity index (χ1v) is 5.36. The van der Waals surface area contributed by atoms with E-state index in [1.807, 2.05) is 0 Å². The summed E-state index contributed by atoms with van der Waals surface area (Å²) >= 11 is 0. The van der Waals surface area contributed by atoms with Crippen molar-refractivity contribution < 1.29 is 19.5 Å². The minimum atomic E-state index is -1.21. The molecule has 1 rings (SSSR count). The van der Waals surface area contributed by atoms with E-state index in [0.29, 0.717) is 5.56 Å². The highest BCUT2D eigenvalue weighted by Gasteiger charge is 2.16. The Balaban J connectivity index is 3.01. The lowest BCUT2D eigenvalue weighted by atomic mass is 10.3. The van der Waals surface area contributed by atoms with Gasteiger partial charge in [-0.2, -0.15) is 4.68 Å². The second-order valence-electron chi connectivity index (χ2n) is 3.96. The van der Waals surface area contributed by atoms with Crippen molar-refractivity contribution in [2.45, 2.75) is 13.5 Å². The van der Waals surface area contributed by atoms with Crippen molar-refractivity contribution in [2.24, 2.45) is 0 Å². The van der Waals surface area contributed by atoms with Crippen LogP contribution in [0.15, 0.2) is 6.20 Å². The first-order chi connectivity index (χ1) is 8.81. The van der Waals surface area contributed by atoms with Crippen molar-refractivity contribution in [1.29, 1.82) is 0 Å². The van der Waals surface area contributed by atoms with Crippen molar-refractivity contribution >= 4 is 23.8 Å². The van der Waals surface area contributed by atoms with Crippen LogP contribution in [-0.2, 0) is 11.3 Å². The summed E-state index contributed by atoms with van der Waals surface area (Å²) in [5.74, 6) is -0.212. The molecule has 0 aliphatic rings. The molecule has 1 heterocycles. The minimum absolute atomic E-state index is 0.0638. The van der Waals surface area contributed by atoms with Crippen molar-refractivity contribution in [3.63, 3.8) is 0 Å². The smallest absolute Gasteiger partial charge is 0.404 e. The Hall–Kier alpha value is -2.58. The molecule has 9 heteroatoms. The van der Waals surface area contributed by atoms with Crippen LogP contribution >= 0.6 is 0 Å². The molecule has 0 aromatic carbocycles. The Bertz CT molecular complexity index is 508. The lowest BCUT2D eigenvalue weighted by Gasteiger charge is -2.08. The number of carbonyl (C=O) groups is 3. The summed E-state index contributed by atoms with van der Waals surface area (Å²) in [4.78, 5) is 34.5. The number of hydrogen-bond acceptors (Lipinski definition) is 4. The third kappa shape index (κ3) is 3.98. The summed E-state index contributed by atoms with van der Waals surface area (Å²) in [5, 5.41) is 17.0. The van der Waals surface area contributed by atoms with Gasteiger partial charge in [-0.05, 0) is 0 Å². The van der Waals surface area contributed by atoms with Crippen LogP contribution < -0.4 is 10.6 Å². The predicted molar refractivity (Wildman–Crippen MR) is 65.9 cm³/mol. The SMILES string of the molecule is CC(=O)Nc1nn(C(=O)N(C)C)cc1CNC(=O)O. The van der Waals surface area contributed by atoms with Gasteiger partial charge in [-0.15, -0.1) is 5.10 Å². The van der Waals surface area contributed by atoms with Gasteiger partial charge in [0.05, 0.1) is 6.54 Å². The topological polar surface area (TPSA) is 117 Å². The molecule has 9 nitrogen and oxygen atoms in total. The number of hydrogen-bond donors (Lipinski definition) is 3. The maximum Gasteiger partial charge on any atom is 0.404 e. The van der Waals surface area contributed by atoms with Crippen molar-refractivity contribution in [3.8, 4) is 0 Å². The fraction of sp³-hybridized carbons (Fsp3) is 0.400. The van der Waals surface area contributed by atoms with Gasteiger partial charge < -0.3 is 20.6 Å². The summed E-state index contributed by atoms with van der Waals surface area (Å²) in [6.45, 7) is 1.23. The Morgan fingerprint density at radius 2 is 2.05 bits per heavy atom. The van der Waals surface area contributed by atoms with Gasteiger partial charge >= 0.3 is 12.1 Å². The number of carbonyl (C=O) groups excluding carboxylic acids is 2. The summed E-state index contributed by atoms with van der Waals surface area (Å²) < 4.78 is 1.03. The molecule has 0 unspecified atom stereocenters. The van der Waals surface area contributed by atoms with Gasteiger partial charge in [0.2, 0.25) is 5.91 Å². The van der Waals surface area contributed by atoms with E-state index in [1.165, 1.54) is 18.0 Å². The Labute approximate surface area is 109 Å². The quantitative estimate of drug-likeness (QED) is 0.721. The molecule has 3 amide bonds. The number of rotatable bonds is 3. The number of carboxylic acid groups (broad SMARTS) is 1. The molecule has 0 aliphatic heterocycles. The molecule has 0 saturated carbocycles. The van der Waals surface area contributed by atoms with Gasteiger partial charge in [0.25, 0.3) is 0 Å². The van der Waals surface area contributed by atoms with E-state index in [-0.39, 0.29) is 18.3 Å². The number of aromatic nitrogens is 2. The van der Waals surface area contributed by atoms with Gasteiger partial charge in [-0.1, -0.05) is 0 Å². The van der Waals surface area contributed by atoms with Crippen LogP contribution in [-0.4, -0.2) is 51.9 Å². The Kier molecular flexibility index (Phi) is 4.46. The van der Waals surface area contributed by atoms with Crippen LogP contribution in [0.1, 0.15) is 12.5 Å². The van der Waals surface area contributed by atoms with Gasteiger partial charge in [-0.3, -0.25) is 4.79 Å². The van der Waals surface area contributed by atoms with Crippen molar-refractivity contribution in [1.82, 2.24) is 20.0 Å². The maximum atomic E-state index is 11.7. The lowest BCUT2D eigenvalue weighted by molar-refractivity contribution is -0.114. The van der Waals surface area contributed by atoms with E-state index in [4.69, 9.17) is 5.11 Å². The fourth-order valence-electron chi connectivity index (χ4n) is 1.28. The zero-order valence-electron chi connectivity index (χ0n) is 10.8. The van der Waals surface area contributed by atoms with Crippen molar-refractivity contribution in [2.75, 3.05) is 19.4 Å². The molecule has 1 aromatic heterocycles. The third-order valence-electron chi connectivity index (χ3n) is 2.09. The zero-order chi connectivity index (χ0) is 14.6. The van der Waals surface area contributed by atoms with Gasteiger partial charge in [-0.25, -0.2) is 9.59 Å². The van der Waals surface area contributed by atoms with E-state index in [0.717, 1.165) is 4.68 Å². The largest absolute Gasteiger partial charge is 0.465 e. The monoisotopic (exact) mass is 269 g/mol. The van der Waals surface area contributed by atoms with Crippen LogP contribution in [0, 0.1) is 0 Å². The minimum Gasteiger partial charge on any atom is -0.465 e. The average Bonchev–Trinajstić information content (AvgIpc) is 2.67. The molecule has 0 fully saturated rings. The van der Waals surface area contributed by atoms with Gasteiger partial charge in [0.1, 0.15) is 0 Å². The molecule has 0 spiro atoms. The number of anilines is 1. The van der Waals surface area contributed by atoms with Crippen molar-refractivity contribution in [3.05, 3.63) is 11.8 Å². The van der Waals surface area contributed by atoms with E-state index in [1.54, 1.807) is 14.1 Å². The number of nitrogens with one attached hydrogen (secondary N) is 2. The Morgan fingerprint density at radius 3 is 2.53 bits per heavy atom. The number of amides is 3. The molecule has 0 bridgehead atoms. The van der Waals surface area contributed by atoms with Crippen LogP contribution in [0.25, 0.3) is 0 Å². The Morgan fingerprint density at radius 1 is 1.42 bits per heavy atom. The van der Waals surface area contributed by atoms with Crippen LogP contribution in [0.4, 0.5) is 15.4 Å². The van der Waals surface area contributed by atoms with E-state index in [9.17, 15) is 14.4 Å². The second kappa shape index (κ2) is 5.85. The molecule has 0 radical (unpaired) electrons. The molecule has 0 saturated heterocycles. The van der Waals surface area contributed by atoms with Gasteiger partial charge in [0, 0.05) is 32.8 Å². The molecule has 0 aliphatic carbocycles. The molecular weight excluding hydrogens is 254 g/mol. The summed E-state index contributed by atoms with van der Waals surface area (Å²) in [7, 11) is 3.11. The van der Waals surface area contributed by atoms with Crippen LogP contribution in [0.2, 0.25) is 0 Å². The maximum absolute atomic E-state index is 11.7. The first kappa shape index (κ1) is 14.5. The van der Waals surface area contributed by atoms with E-state index >= 15 is 0 Å². The van der Waals surface area contributed by atoms with E-state index in [2.05, 4.69) is 15.7 Å². The number of nitrogens with zero attached hydrogens (tertiary/aromatic N) is 3. The molecule has 104 valence electrons. The molecule has 19 heavy (non-hydrogen) atoms. The zero-order valence-corrected chi connectivity index (χ0v) is 10.8. The first-order valence-electron chi connectivity index (χ1n) is 5.36. The average molecular weight is 269 g/mol. The molecular formula is C10H15N5O4. The highest BCUT2D eigenvalue weighted by molar-refractivity contribution is 5.89. The second-order valence-corrected chi connectivity index (χ2v) is 3.96. The molecule has 0 atom stereocenters.